The van der Waals surface area contributed by atoms with E-state index < -0.39 is 6.04 Å². The molecule has 2 aromatic carbocycles. The Hall–Kier alpha value is -2.27. The van der Waals surface area contributed by atoms with Gasteiger partial charge >= 0.3 is 0 Å². The van der Waals surface area contributed by atoms with E-state index in [0.717, 1.165) is 17.0 Å². The Morgan fingerprint density at radius 2 is 1.71 bits per heavy atom. The minimum absolute atomic E-state index is 0.198. The molecular weight excluding hydrogens is 320 g/mol. The molecule has 0 radical (unpaired) electrons. The smallest absolute Gasteiger partial charge is 0.251 e. The first kappa shape index (κ1) is 18.1. The monoisotopic (exact) mass is 342 g/mol. The molecule has 0 saturated heterocycles. The lowest BCUT2D eigenvalue weighted by molar-refractivity contribution is -0.118. The van der Waals surface area contributed by atoms with Crippen LogP contribution >= 0.6 is 11.8 Å². The van der Waals surface area contributed by atoms with Crippen LogP contribution in [-0.2, 0) is 4.79 Å². The molecule has 2 amide bonds. The van der Waals surface area contributed by atoms with E-state index in [-0.39, 0.29) is 11.8 Å². The van der Waals surface area contributed by atoms with Crippen molar-refractivity contribution in [3.63, 3.8) is 0 Å². The maximum atomic E-state index is 12.5. The predicted molar refractivity (Wildman–Crippen MR) is 101 cm³/mol. The van der Waals surface area contributed by atoms with Crippen molar-refractivity contribution in [1.29, 1.82) is 0 Å². The van der Waals surface area contributed by atoms with E-state index in [1.165, 1.54) is 0 Å². The Morgan fingerprint density at radius 3 is 2.33 bits per heavy atom. The molecule has 1 atom stereocenters. The van der Waals surface area contributed by atoms with E-state index >= 15 is 0 Å². The number of hydrogen-bond acceptors (Lipinski definition) is 3. The number of anilines is 1. The van der Waals surface area contributed by atoms with Crippen LogP contribution in [0.5, 0.6) is 0 Å². The summed E-state index contributed by atoms with van der Waals surface area (Å²) in [5.41, 5.74) is 2.37. The molecule has 0 unspecified atom stereocenters. The molecule has 0 bridgehead atoms. The van der Waals surface area contributed by atoms with E-state index in [0.29, 0.717) is 12.0 Å². The van der Waals surface area contributed by atoms with Crippen molar-refractivity contribution in [2.75, 3.05) is 17.3 Å². The topological polar surface area (TPSA) is 58.2 Å². The first-order valence-electron chi connectivity index (χ1n) is 7.82. The number of carbonyl (C=O) groups excluding carboxylic acids is 2. The van der Waals surface area contributed by atoms with Gasteiger partial charge in [-0.05, 0) is 49.6 Å². The van der Waals surface area contributed by atoms with Gasteiger partial charge < -0.3 is 10.6 Å². The molecule has 0 aliphatic carbocycles. The van der Waals surface area contributed by atoms with Gasteiger partial charge in [0.15, 0.2) is 0 Å². The summed E-state index contributed by atoms with van der Waals surface area (Å²) in [6, 6.07) is 16.0. The molecule has 0 fully saturated rings. The van der Waals surface area contributed by atoms with Crippen LogP contribution in [0.4, 0.5) is 5.69 Å². The van der Waals surface area contributed by atoms with Gasteiger partial charge in [0.05, 0.1) is 0 Å². The second-order valence-corrected chi connectivity index (χ2v) is 6.51. The highest BCUT2D eigenvalue weighted by Gasteiger charge is 2.21. The Labute approximate surface area is 147 Å². The number of rotatable bonds is 7. The number of thioether (sulfide) groups is 1. The van der Waals surface area contributed by atoms with Crippen LogP contribution in [-0.4, -0.2) is 29.9 Å². The Balaban J connectivity index is 2.05. The maximum absolute atomic E-state index is 12.5. The normalized spacial score (nSPS) is 11.6. The third-order valence-electron chi connectivity index (χ3n) is 3.59. The van der Waals surface area contributed by atoms with Crippen LogP contribution < -0.4 is 10.6 Å². The molecule has 5 heteroatoms. The van der Waals surface area contributed by atoms with E-state index in [2.05, 4.69) is 10.6 Å². The summed E-state index contributed by atoms with van der Waals surface area (Å²) in [7, 11) is 0. The molecule has 0 spiro atoms. The van der Waals surface area contributed by atoms with Crippen LogP contribution in [0.1, 0.15) is 22.3 Å². The van der Waals surface area contributed by atoms with Crippen molar-refractivity contribution in [2.24, 2.45) is 0 Å². The molecule has 2 aromatic rings. The average molecular weight is 342 g/mol. The maximum Gasteiger partial charge on any atom is 0.251 e. The van der Waals surface area contributed by atoms with Gasteiger partial charge in [0.1, 0.15) is 6.04 Å². The van der Waals surface area contributed by atoms with Crippen molar-refractivity contribution in [2.45, 2.75) is 19.4 Å². The summed E-state index contributed by atoms with van der Waals surface area (Å²) in [5.74, 6) is 0.362. The summed E-state index contributed by atoms with van der Waals surface area (Å²) < 4.78 is 0. The molecule has 0 aromatic heterocycles. The SMILES string of the molecule is CSCC[C@@H](NC(=O)c1ccc(C)cc1)C(=O)Nc1ccccc1. The second kappa shape index (κ2) is 9.13. The van der Waals surface area contributed by atoms with Gasteiger partial charge in [-0.2, -0.15) is 11.8 Å². The van der Waals surface area contributed by atoms with Gasteiger partial charge in [-0.3, -0.25) is 9.59 Å². The molecule has 0 saturated carbocycles. The van der Waals surface area contributed by atoms with Gasteiger partial charge in [0, 0.05) is 11.3 Å². The number of benzene rings is 2. The molecule has 4 nitrogen and oxygen atoms in total. The van der Waals surface area contributed by atoms with Gasteiger partial charge in [-0.15, -0.1) is 0 Å². The average Bonchev–Trinajstić information content (AvgIpc) is 2.59. The number of carbonyl (C=O) groups is 2. The number of hydrogen-bond donors (Lipinski definition) is 2. The molecule has 0 aliphatic rings. The number of amides is 2. The second-order valence-electron chi connectivity index (χ2n) is 5.53. The van der Waals surface area contributed by atoms with Crippen LogP contribution in [0.2, 0.25) is 0 Å². The van der Waals surface area contributed by atoms with Crippen LogP contribution in [0, 0.1) is 6.92 Å². The molecular formula is C19H22N2O2S. The van der Waals surface area contributed by atoms with Gasteiger partial charge in [0.2, 0.25) is 5.91 Å². The number of aryl methyl sites for hydroxylation is 1. The van der Waals surface area contributed by atoms with Crippen LogP contribution in [0.3, 0.4) is 0 Å². The quantitative estimate of drug-likeness (QED) is 0.810. The minimum atomic E-state index is -0.563. The minimum Gasteiger partial charge on any atom is -0.340 e. The Bertz CT molecular complexity index is 672. The highest BCUT2D eigenvalue weighted by atomic mass is 32.2. The summed E-state index contributed by atoms with van der Waals surface area (Å²) in [6.45, 7) is 1.97. The highest BCUT2D eigenvalue weighted by Crippen LogP contribution is 2.10. The number of nitrogens with one attached hydrogen (secondary N) is 2. The fourth-order valence-corrected chi connectivity index (χ4v) is 2.67. The summed E-state index contributed by atoms with van der Waals surface area (Å²) in [4.78, 5) is 24.9. The molecule has 126 valence electrons. The van der Waals surface area contributed by atoms with Crippen molar-refractivity contribution in [3.8, 4) is 0 Å². The standard InChI is InChI=1S/C19H22N2O2S/c1-14-8-10-15(11-9-14)18(22)21-17(12-13-24-2)19(23)20-16-6-4-3-5-7-16/h3-11,17H,12-13H2,1-2H3,(H,20,23)(H,21,22)/t17-/m1/s1. The Morgan fingerprint density at radius 1 is 1.04 bits per heavy atom. The lowest BCUT2D eigenvalue weighted by Gasteiger charge is -2.18. The van der Waals surface area contributed by atoms with E-state index in [9.17, 15) is 9.59 Å². The molecule has 2 rings (SSSR count). The number of para-hydroxylation sites is 1. The molecule has 0 heterocycles. The molecule has 0 aliphatic heterocycles. The predicted octanol–water partition coefficient (Wildman–Crippen LogP) is 3.49. The lowest BCUT2D eigenvalue weighted by atomic mass is 10.1. The van der Waals surface area contributed by atoms with Gasteiger partial charge in [0.25, 0.3) is 5.91 Å². The van der Waals surface area contributed by atoms with Crippen LogP contribution in [0.15, 0.2) is 54.6 Å². The fourth-order valence-electron chi connectivity index (χ4n) is 2.20. The highest BCUT2D eigenvalue weighted by molar-refractivity contribution is 7.98. The molecule has 2 N–H and O–H groups in total. The largest absolute Gasteiger partial charge is 0.340 e. The lowest BCUT2D eigenvalue weighted by Crippen LogP contribution is -2.44. The van der Waals surface area contributed by atoms with Crippen LogP contribution in [0.25, 0.3) is 0 Å². The fraction of sp³-hybridized carbons (Fsp3) is 0.263. The van der Waals surface area contributed by atoms with E-state index in [4.69, 9.17) is 0 Å². The van der Waals surface area contributed by atoms with Crippen molar-refractivity contribution in [3.05, 3.63) is 65.7 Å². The first-order valence-corrected chi connectivity index (χ1v) is 9.22. The van der Waals surface area contributed by atoms with Crippen molar-refractivity contribution in [1.82, 2.24) is 5.32 Å². The zero-order chi connectivity index (χ0) is 17.4. The van der Waals surface area contributed by atoms with E-state index in [1.54, 1.807) is 23.9 Å². The zero-order valence-electron chi connectivity index (χ0n) is 13.9. The third kappa shape index (κ3) is 5.42. The molecule has 24 heavy (non-hydrogen) atoms. The Kier molecular flexibility index (Phi) is 6.88. The van der Waals surface area contributed by atoms with Gasteiger partial charge in [-0.25, -0.2) is 0 Å². The third-order valence-corrected chi connectivity index (χ3v) is 4.23. The van der Waals surface area contributed by atoms with E-state index in [1.807, 2.05) is 55.6 Å². The zero-order valence-corrected chi connectivity index (χ0v) is 14.7. The summed E-state index contributed by atoms with van der Waals surface area (Å²) in [6.07, 6.45) is 2.56. The summed E-state index contributed by atoms with van der Waals surface area (Å²) in [5, 5.41) is 5.70. The first-order chi connectivity index (χ1) is 11.6. The van der Waals surface area contributed by atoms with Crippen molar-refractivity contribution >= 4 is 29.3 Å². The van der Waals surface area contributed by atoms with Crippen molar-refractivity contribution < 1.29 is 9.59 Å². The van der Waals surface area contributed by atoms with Gasteiger partial charge in [-0.1, -0.05) is 35.9 Å². The summed E-state index contributed by atoms with van der Waals surface area (Å²) >= 11 is 1.65.